The number of nitrogens with one attached hydrogen (secondary N) is 1. The molecule has 0 fully saturated rings. The van der Waals surface area contributed by atoms with Gasteiger partial charge >= 0.3 is 58.5 Å². The summed E-state index contributed by atoms with van der Waals surface area (Å²) in [5, 5.41) is 10.1. The number of halogens is 3. The third-order valence-corrected chi connectivity index (χ3v) is 0.495. The van der Waals surface area contributed by atoms with Gasteiger partial charge in [-0.1, -0.05) is 0 Å². The molecule has 6 nitrogen and oxygen atoms in total. The maximum atomic E-state index is 9.44. The van der Waals surface area contributed by atoms with Crippen molar-refractivity contribution in [3.05, 3.63) is 16.5 Å². The van der Waals surface area contributed by atoms with Gasteiger partial charge in [-0.25, -0.2) is 0 Å². The van der Waals surface area contributed by atoms with E-state index < -0.39 is 5.82 Å². The molecule has 13 heavy (non-hydrogen) atoms. The topological polar surface area (TPSA) is 114 Å². The molecule has 0 amide bonds. The standard InChI is InChI=1S/C2H6N4O2.3ClH.2Cu/c3-1(5-7)2(4)6-8;;;;;/h5,7H,3-4H2;3*1H;;/q;;;;+1;+2/p-2/b2-1+;;;;;. The van der Waals surface area contributed by atoms with Gasteiger partial charge in [0.2, 0.25) is 5.82 Å². The van der Waals surface area contributed by atoms with Crippen molar-refractivity contribution in [2.45, 2.75) is 0 Å². The van der Waals surface area contributed by atoms with Gasteiger partial charge in [-0.05, 0) is 5.18 Å². The van der Waals surface area contributed by atoms with Crippen LogP contribution in [-0.4, -0.2) is 5.21 Å². The van der Waals surface area contributed by atoms with Gasteiger partial charge in [0.15, 0.2) is 5.82 Å². The normalized spacial score (nSPS) is 9.69. The number of rotatable bonds is 2. The number of hydrogen-bond acceptors (Lipinski definition) is 6. The van der Waals surface area contributed by atoms with Crippen LogP contribution in [0.1, 0.15) is 0 Å². The van der Waals surface area contributed by atoms with Gasteiger partial charge in [-0.2, -0.15) is 0 Å². The molecule has 0 aliphatic carbocycles. The van der Waals surface area contributed by atoms with Gasteiger partial charge in [-0.15, -0.1) is 4.91 Å². The van der Waals surface area contributed by atoms with E-state index in [1.807, 2.05) is 0 Å². The monoisotopic (exact) mass is 350 g/mol. The van der Waals surface area contributed by atoms with Crippen LogP contribution in [0.3, 0.4) is 0 Å². The van der Waals surface area contributed by atoms with Crippen LogP contribution in [0, 0.1) is 15.0 Å². The summed E-state index contributed by atoms with van der Waals surface area (Å²) in [7, 11) is 13.0. The Balaban J connectivity index is -0.000000169. The van der Waals surface area contributed by atoms with Gasteiger partial charge in [0, 0.05) is 0 Å². The van der Waals surface area contributed by atoms with E-state index in [-0.39, 0.29) is 5.82 Å². The fraction of sp³-hybridized carbons (Fsp3) is 0. The third-order valence-electron chi connectivity index (χ3n) is 0.495. The van der Waals surface area contributed by atoms with Crippen molar-refractivity contribution in [1.29, 1.82) is 0 Å². The summed E-state index contributed by atoms with van der Waals surface area (Å²) in [5.74, 6) is -0.812. The zero-order chi connectivity index (χ0) is 11.3. The van der Waals surface area contributed by atoms with E-state index in [1.54, 1.807) is 0 Å². The summed E-state index contributed by atoms with van der Waals surface area (Å²) in [6, 6.07) is 0. The van der Waals surface area contributed by atoms with Crippen molar-refractivity contribution < 1.29 is 43.5 Å². The van der Waals surface area contributed by atoms with E-state index in [1.165, 1.54) is 5.48 Å². The van der Waals surface area contributed by atoms with Crippen LogP contribution in [0.2, 0.25) is 0 Å². The second kappa shape index (κ2) is 18.4. The first kappa shape index (κ1) is 19.2. The molecule has 0 rings (SSSR count). The molecular weight excluding hydrogens is 345 g/mol. The Morgan fingerprint density at radius 3 is 1.92 bits per heavy atom. The molecule has 0 spiro atoms. The fourth-order valence-corrected chi connectivity index (χ4v) is 0.106. The number of nitrogens with two attached hydrogens (primary N) is 2. The molecule has 0 aliphatic rings. The fourth-order valence-electron chi connectivity index (χ4n) is 0.106. The Bertz CT molecular complexity index is 147. The molecule has 0 radical (unpaired) electrons. The number of nitroso groups, excluding NO2 is 1. The third kappa shape index (κ3) is 19.1. The zero-order valence-electron chi connectivity index (χ0n) is 5.72. The number of nitrogens with zero attached hydrogens (tertiary/aromatic N) is 1. The molecule has 11 heteroatoms. The second-order valence-electron chi connectivity index (χ2n) is 1.05. The SMILES string of the molecule is N/C(N=O)=C(/N)NO.[ClH+][Cu].[Cl][Cu][Cl]. The average molecular weight is 353 g/mol. The summed E-state index contributed by atoms with van der Waals surface area (Å²) in [5.41, 5.74) is 11.1. The van der Waals surface area contributed by atoms with Crippen LogP contribution >= 0.6 is 20.2 Å². The number of hydrogen-bond donors (Lipinski definition) is 4. The molecular formula is C2H7Cl3Cu2N4O2+. The Hall–Kier alpha value is 0.609. The zero-order valence-corrected chi connectivity index (χ0v) is 9.94. The van der Waals surface area contributed by atoms with Crippen molar-refractivity contribution in [2.75, 3.05) is 0 Å². The van der Waals surface area contributed by atoms with Crippen molar-refractivity contribution in [2.24, 2.45) is 16.6 Å². The van der Waals surface area contributed by atoms with Gasteiger partial charge in [0.1, 0.15) is 0 Å². The van der Waals surface area contributed by atoms with Crippen LogP contribution in [0.4, 0.5) is 0 Å². The van der Waals surface area contributed by atoms with E-state index in [9.17, 15) is 4.91 Å². The quantitative estimate of drug-likeness (QED) is 0.314. The van der Waals surface area contributed by atoms with Gasteiger partial charge in [-0.3, -0.25) is 10.7 Å². The predicted molar refractivity (Wildman–Crippen MR) is 39.2 cm³/mol. The molecule has 0 bridgehead atoms. The van der Waals surface area contributed by atoms with E-state index in [2.05, 4.69) is 50.6 Å². The number of hydroxylamine groups is 1. The summed E-state index contributed by atoms with van der Waals surface area (Å²) < 4.78 is 0. The Labute approximate surface area is 102 Å². The molecule has 0 saturated heterocycles. The van der Waals surface area contributed by atoms with Crippen LogP contribution in [0.15, 0.2) is 16.8 Å². The molecule has 0 aromatic carbocycles. The molecule has 0 saturated carbocycles. The van der Waals surface area contributed by atoms with Crippen LogP contribution in [0.25, 0.3) is 0 Å². The molecule has 0 aromatic rings. The summed E-state index contributed by atoms with van der Waals surface area (Å²) in [6.45, 7) is 0. The minimum atomic E-state index is -0.465. The molecule has 0 aromatic heterocycles. The van der Waals surface area contributed by atoms with E-state index in [0.29, 0.717) is 0 Å². The van der Waals surface area contributed by atoms with E-state index in [4.69, 9.17) is 16.7 Å². The van der Waals surface area contributed by atoms with Gasteiger partial charge < -0.3 is 11.5 Å². The Kier molecular flexibility index (Phi) is 27.2. The molecule has 89 valence electrons. The molecule has 0 heterocycles. The summed E-state index contributed by atoms with van der Waals surface area (Å²) >= 11 is 4.53. The maximum absolute atomic E-state index is 9.44. The van der Waals surface area contributed by atoms with Crippen molar-refractivity contribution >= 4 is 20.2 Å². The predicted octanol–water partition coefficient (Wildman–Crippen LogP) is -0.118. The van der Waals surface area contributed by atoms with Crippen LogP contribution in [0.5, 0.6) is 0 Å². The van der Waals surface area contributed by atoms with E-state index in [0.717, 1.165) is 13.1 Å². The Morgan fingerprint density at radius 1 is 1.54 bits per heavy atom. The first-order valence-corrected chi connectivity index (χ1v) is 6.05. The van der Waals surface area contributed by atoms with Crippen LogP contribution < -0.4 is 16.9 Å². The molecule has 0 aliphatic heterocycles. The molecule has 6 N–H and O–H groups in total. The van der Waals surface area contributed by atoms with Crippen molar-refractivity contribution in [3.63, 3.8) is 0 Å². The second-order valence-corrected chi connectivity index (χ2v) is 2.60. The molecule has 0 atom stereocenters. The van der Waals surface area contributed by atoms with Gasteiger partial charge in [0.05, 0.1) is 0 Å². The van der Waals surface area contributed by atoms with Crippen molar-refractivity contribution in [3.8, 4) is 0 Å². The van der Waals surface area contributed by atoms with Crippen molar-refractivity contribution in [1.82, 2.24) is 5.48 Å². The Morgan fingerprint density at radius 2 is 1.85 bits per heavy atom. The van der Waals surface area contributed by atoms with Gasteiger partial charge in [0.25, 0.3) is 0 Å². The minimum absolute atomic E-state index is 0.347. The molecule has 0 unspecified atom stereocenters. The first-order chi connectivity index (χ1) is 6.13. The van der Waals surface area contributed by atoms with E-state index >= 15 is 0 Å². The first-order valence-electron chi connectivity index (χ1n) is 2.06. The van der Waals surface area contributed by atoms with Crippen LogP contribution in [-0.2, 0) is 28.2 Å². The summed E-state index contributed by atoms with van der Waals surface area (Å²) in [4.78, 5) is 9.44. The summed E-state index contributed by atoms with van der Waals surface area (Å²) in [6.07, 6.45) is 0. The average Bonchev–Trinajstić information content (AvgIpc) is 2.19.